The molecular formula is C15H16N2O2S. The molecule has 2 aliphatic rings. The first-order valence-electron chi connectivity index (χ1n) is 6.74. The fourth-order valence-corrected chi connectivity index (χ4v) is 3.35. The molecule has 3 rings (SSSR count). The fraction of sp³-hybridized carbons (Fsp3) is 0.400. The molecular weight excluding hydrogens is 272 g/mol. The lowest BCUT2D eigenvalue weighted by Gasteiger charge is -2.18. The van der Waals surface area contributed by atoms with Gasteiger partial charge in [0.15, 0.2) is 5.90 Å². The number of hydrogen-bond donors (Lipinski definition) is 0. The van der Waals surface area contributed by atoms with Crippen LogP contribution in [-0.2, 0) is 22.4 Å². The highest BCUT2D eigenvalue weighted by molar-refractivity contribution is 7.99. The van der Waals surface area contributed by atoms with Crippen LogP contribution in [0, 0.1) is 0 Å². The van der Waals surface area contributed by atoms with Gasteiger partial charge in [-0.15, -0.1) is 0 Å². The van der Waals surface area contributed by atoms with E-state index in [0.29, 0.717) is 11.6 Å². The Kier molecular flexibility index (Phi) is 3.61. The Labute approximate surface area is 122 Å². The summed E-state index contributed by atoms with van der Waals surface area (Å²) < 4.78 is 5.10. The molecule has 4 nitrogen and oxygen atoms in total. The van der Waals surface area contributed by atoms with E-state index in [9.17, 15) is 4.79 Å². The maximum Gasteiger partial charge on any atom is 0.322 e. The van der Waals surface area contributed by atoms with Crippen molar-refractivity contribution in [3.63, 3.8) is 0 Å². The summed E-state index contributed by atoms with van der Waals surface area (Å²) in [6.07, 6.45) is 4.47. The Balaban J connectivity index is 2.08. The zero-order valence-electron chi connectivity index (χ0n) is 11.4. The Bertz CT molecular complexity index is 623. The second kappa shape index (κ2) is 5.40. The minimum atomic E-state index is -0.295. The van der Waals surface area contributed by atoms with Crippen LogP contribution in [0.1, 0.15) is 36.6 Å². The molecule has 0 spiro atoms. The summed E-state index contributed by atoms with van der Waals surface area (Å²) in [5.41, 5.74) is 3.98. The number of rotatable bonds is 0. The van der Waals surface area contributed by atoms with E-state index >= 15 is 0 Å². The number of carbonyl (C=O) groups excluding carboxylic acids is 1. The van der Waals surface area contributed by atoms with Crippen molar-refractivity contribution in [1.82, 2.24) is 4.98 Å². The van der Waals surface area contributed by atoms with Crippen LogP contribution in [0.15, 0.2) is 22.7 Å². The molecule has 1 aliphatic carbocycles. The van der Waals surface area contributed by atoms with Crippen LogP contribution in [0.3, 0.4) is 0 Å². The van der Waals surface area contributed by atoms with E-state index in [-0.39, 0.29) is 11.7 Å². The topological polar surface area (TPSA) is 51.5 Å². The van der Waals surface area contributed by atoms with Crippen molar-refractivity contribution >= 4 is 29.3 Å². The Morgan fingerprint density at radius 2 is 2.15 bits per heavy atom. The van der Waals surface area contributed by atoms with Crippen molar-refractivity contribution in [3.05, 3.63) is 29.5 Å². The summed E-state index contributed by atoms with van der Waals surface area (Å²) in [6, 6.07) is 2.14. The number of aliphatic imine (C=N–C) groups is 1. The third kappa shape index (κ3) is 2.63. The van der Waals surface area contributed by atoms with Crippen LogP contribution in [0.4, 0.5) is 0 Å². The number of aromatic nitrogens is 1. The number of ether oxygens (including phenoxy) is 1. The van der Waals surface area contributed by atoms with Gasteiger partial charge in [0.1, 0.15) is 5.03 Å². The number of carbonyl (C=O) groups is 1. The van der Waals surface area contributed by atoms with E-state index in [4.69, 9.17) is 9.72 Å². The van der Waals surface area contributed by atoms with E-state index in [1.807, 2.05) is 0 Å². The van der Waals surface area contributed by atoms with Crippen LogP contribution >= 0.6 is 11.8 Å². The quantitative estimate of drug-likeness (QED) is 0.689. The third-order valence-electron chi connectivity index (χ3n) is 3.46. The van der Waals surface area contributed by atoms with Gasteiger partial charge in [0.25, 0.3) is 0 Å². The van der Waals surface area contributed by atoms with Gasteiger partial charge in [-0.05, 0) is 37.3 Å². The van der Waals surface area contributed by atoms with Crippen LogP contribution in [0.2, 0.25) is 0 Å². The van der Waals surface area contributed by atoms with Crippen LogP contribution < -0.4 is 0 Å². The minimum absolute atomic E-state index is 0.249. The van der Waals surface area contributed by atoms with Gasteiger partial charge in [-0.2, -0.15) is 0 Å². The molecule has 104 valence electrons. The zero-order chi connectivity index (χ0) is 14.1. The van der Waals surface area contributed by atoms with Gasteiger partial charge in [-0.1, -0.05) is 18.3 Å². The molecule has 0 amide bonds. The normalized spacial score (nSPS) is 18.9. The van der Waals surface area contributed by atoms with Crippen LogP contribution in [0.25, 0.3) is 5.70 Å². The maximum absolute atomic E-state index is 11.6. The van der Waals surface area contributed by atoms with Crippen molar-refractivity contribution in [2.45, 2.75) is 37.6 Å². The number of nitrogens with zero attached hydrogens (tertiary/aromatic N) is 2. The van der Waals surface area contributed by atoms with E-state index < -0.39 is 0 Å². The molecule has 0 aromatic carbocycles. The zero-order valence-corrected chi connectivity index (χ0v) is 12.3. The second-order valence-corrected chi connectivity index (χ2v) is 5.96. The van der Waals surface area contributed by atoms with E-state index in [2.05, 4.69) is 17.6 Å². The standard InChI is InChI=1S/C15H16N2O2S/c1-9-12-7-11-5-3-4-6-13(11)17-15(12)20-8-14(18)19-10(2)16-9/h7H,1,3-6,8H2,2H3. The largest absolute Gasteiger partial charge is 0.411 e. The van der Waals surface area contributed by atoms with Crippen LogP contribution in [0.5, 0.6) is 0 Å². The summed E-state index contributed by atoms with van der Waals surface area (Å²) in [5, 5.41) is 0.839. The summed E-state index contributed by atoms with van der Waals surface area (Å²) >= 11 is 1.40. The first kappa shape index (κ1) is 13.4. The van der Waals surface area contributed by atoms with Crippen molar-refractivity contribution in [1.29, 1.82) is 0 Å². The smallest absolute Gasteiger partial charge is 0.322 e. The number of thioether (sulfide) groups is 1. The molecule has 2 heterocycles. The molecule has 1 aromatic heterocycles. The molecule has 0 atom stereocenters. The van der Waals surface area contributed by atoms with Gasteiger partial charge in [0.05, 0.1) is 11.4 Å². The summed E-state index contributed by atoms with van der Waals surface area (Å²) in [5.74, 6) is 0.293. The monoisotopic (exact) mass is 288 g/mol. The summed E-state index contributed by atoms with van der Waals surface area (Å²) in [6.45, 7) is 5.66. The van der Waals surface area contributed by atoms with Gasteiger partial charge < -0.3 is 4.74 Å². The predicted molar refractivity (Wildman–Crippen MR) is 79.8 cm³/mol. The van der Waals surface area contributed by atoms with E-state index in [1.54, 1.807) is 6.92 Å². The number of aryl methyl sites for hydroxylation is 2. The molecule has 0 radical (unpaired) electrons. The Morgan fingerprint density at radius 1 is 1.35 bits per heavy atom. The predicted octanol–water partition coefficient (Wildman–Crippen LogP) is 3.00. The summed E-state index contributed by atoms with van der Waals surface area (Å²) in [4.78, 5) is 20.6. The lowest BCUT2D eigenvalue weighted by Crippen LogP contribution is -2.11. The van der Waals surface area contributed by atoms with Crippen molar-refractivity contribution < 1.29 is 9.53 Å². The highest BCUT2D eigenvalue weighted by Crippen LogP contribution is 2.32. The average molecular weight is 288 g/mol. The number of hydrogen-bond acceptors (Lipinski definition) is 5. The SMILES string of the molecule is C=C1N=C(C)OC(=O)CSc2nc3c(cc21)CCCC3. The number of fused-ring (bicyclic) bond motifs is 2. The number of esters is 1. The molecule has 1 aromatic rings. The minimum Gasteiger partial charge on any atom is -0.411 e. The van der Waals surface area contributed by atoms with Crippen molar-refractivity contribution in [2.24, 2.45) is 4.99 Å². The first-order chi connectivity index (χ1) is 9.63. The van der Waals surface area contributed by atoms with Gasteiger partial charge >= 0.3 is 5.97 Å². The van der Waals surface area contributed by atoms with Gasteiger partial charge in [-0.3, -0.25) is 4.79 Å². The molecule has 0 saturated heterocycles. The number of pyridine rings is 1. The molecule has 5 heteroatoms. The first-order valence-corrected chi connectivity index (χ1v) is 7.73. The molecule has 0 unspecified atom stereocenters. The third-order valence-corrected chi connectivity index (χ3v) is 4.42. The Morgan fingerprint density at radius 3 is 3.00 bits per heavy atom. The molecule has 1 aliphatic heterocycles. The fourth-order valence-electron chi connectivity index (χ4n) is 2.53. The lowest BCUT2D eigenvalue weighted by molar-refractivity contribution is -0.132. The lowest BCUT2D eigenvalue weighted by atomic mass is 9.95. The number of cyclic esters (lactones) is 1. The Hall–Kier alpha value is -1.62. The average Bonchev–Trinajstić information content (AvgIpc) is 2.47. The highest BCUT2D eigenvalue weighted by atomic mass is 32.2. The van der Waals surface area contributed by atoms with Crippen LogP contribution in [-0.4, -0.2) is 22.6 Å². The molecule has 0 bridgehead atoms. The van der Waals surface area contributed by atoms with Crippen molar-refractivity contribution in [3.8, 4) is 0 Å². The molecule has 0 fully saturated rings. The molecule has 0 saturated carbocycles. The summed E-state index contributed by atoms with van der Waals surface area (Å²) in [7, 11) is 0. The second-order valence-electron chi connectivity index (χ2n) is 4.99. The van der Waals surface area contributed by atoms with E-state index in [1.165, 1.54) is 30.2 Å². The van der Waals surface area contributed by atoms with Crippen molar-refractivity contribution in [2.75, 3.05) is 5.75 Å². The van der Waals surface area contributed by atoms with Gasteiger partial charge in [0.2, 0.25) is 0 Å². The molecule has 0 N–H and O–H groups in total. The van der Waals surface area contributed by atoms with E-state index in [0.717, 1.165) is 29.1 Å². The van der Waals surface area contributed by atoms with Gasteiger partial charge in [0, 0.05) is 18.2 Å². The highest BCUT2D eigenvalue weighted by Gasteiger charge is 2.20. The molecule has 20 heavy (non-hydrogen) atoms. The maximum atomic E-state index is 11.6. The van der Waals surface area contributed by atoms with Gasteiger partial charge in [-0.25, -0.2) is 9.98 Å².